The molecule has 0 saturated carbocycles. The van der Waals surface area contributed by atoms with E-state index in [9.17, 15) is 9.18 Å². The predicted molar refractivity (Wildman–Crippen MR) is 137 cm³/mol. The summed E-state index contributed by atoms with van der Waals surface area (Å²) in [4.78, 5) is 17.9. The van der Waals surface area contributed by atoms with Gasteiger partial charge in [0.25, 0.3) is 5.91 Å². The lowest BCUT2D eigenvalue weighted by Gasteiger charge is -2.09. The van der Waals surface area contributed by atoms with Gasteiger partial charge < -0.3 is 4.57 Å². The maximum Gasteiger partial charge on any atom is 0.272 e. The molecule has 5 aromatic rings. The quantitative estimate of drug-likeness (QED) is 0.249. The van der Waals surface area contributed by atoms with E-state index in [2.05, 4.69) is 10.5 Å². The molecule has 1 N–H and O–H groups in total. The van der Waals surface area contributed by atoms with E-state index < -0.39 is 0 Å². The van der Waals surface area contributed by atoms with E-state index in [0.29, 0.717) is 5.56 Å². The van der Waals surface area contributed by atoms with Crippen molar-refractivity contribution in [2.24, 2.45) is 5.10 Å². The first-order valence-corrected chi connectivity index (χ1v) is 11.2. The molecule has 1 amide bonds. The number of hydrogen-bond donors (Lipinski definition) is 1. The summed E-state index contributed by atoms with van der Waals surface area (Å²) in [5.41, 5.74) is 9.21. The lowest BCUT2D eigenvalue weighted by Crippen LogP contribution is -2.18. The third-order valence-electron chi connectivity index (χ3n) is 5.96. The number of rotatable bonds is 5. The number of nitrogens with one attached hydrogen (secondary N) is 1. The van der Waals surface area contributed by atoms with Crippen molar-refractivity contribution in [1.29, 1.82) is 0 Å². The minimum absolute atomic E-state index is 0.278. The van der Waals surface area contributed by atoms with Gasteiger partial charge in [0, 0.05) is 33.6 Å². The second-order valence-electron chi connectivity index (χ2n) is 8.28. The number of pyridine rings is 1. The Bertz CT molecular complexity index is 1550. The second-order valence-corrected chi connectivity index (χ2v) is 8.28. The molecule has 0 atom stereocenters. The molecule has 2 heterocycles. The first kappa shape index (κ1) is 22.2. The van der Waals surface area contributed by atoms with Crippen LogP contribution in [0.2, 0.25) is 0 Å². The highest BCUT2D eigenvalue weighted by molar-refractivity contribution is 6.07. The van der Waals surface area contributed by atoms with Crippen molar-refractivity contribution in [3.8, 4) is 16.9 Å². The van der Waals surface area contributed by atoms with E-state index in [0.717, 1.165) is 44.8 Å². The summed E-state index contributed by atoms with van der Waals surface area (Å²) in [6.45, 7) is 3.93. The zero-order valence-corrected chi connectivity index (χ0v) is 19.4. The van der Waals surface area contributed by atoms with Crippen LogP contribution in [-0.4, -0.2) is 21.7 Å². The van der Waals surface area contributed by atoms with Crippen molar-refractivity contribution < 1.29 is 9.18 Å². The van der Waals surface area contributed by atoms with Crippen molar-refractivity contribution in [2.45, 2.75) is 13.8 Å². The predicted octanol–water partition coefficient (Wildman–Crippen LogP) is 6.21. The summed E-state index contributed by atoms with van der Waals surface area (Å²) >= 11 is 0. The standard InChI is InChI=1S/C29H23FN4O/c1-19-16-22(20(2)34(19)24-14-12-23(30)13-15-24)18-31-33-29(35)26-17-28(21-8-4-3-5-9-21)32-27-11-7-6-10-25(26)27/h3-18H,1-2H3,(H,33,35)/b31-18-. The smallest absolute Gasteiger partial charge is 0.272 e. The summed E-state index contributed by atoms with van der Waals surface area (Å²) < 4.78 is 15.4. The highest BCUT2D eigenvalue weighted by Crippen LogP contribution is 2.25. The topological polar surface area (TPSA) is 59.3 Å². The first-order chi connectivity index (χ1) is 17.0. The number of carbonyl (C=O) groups is 1. The fraction of sp³-hybridized carbons (Fsp3) is 0.0690. The molecule has 172 valence electrons. The van der Waals surface area contributed by atoms with Crippen LogP contribution in [0.1, 0.15) is 27.3 Å². The third kappa shape index (κ3) is 4.46. The van der Waals surface area contributed by atoms with E-state index in [-0.39, 0.29) is 11.7 Å². The van der Waals surface area contributed by atoms with Gasteiger partial charge in [-0.3, -0.25) is 4.79 Å². The van der Waals surface area contributed by atoms with Crippen LogP contribution in [-0.2, 0) is 0 Å². The van der Waals surface area contributed by atoms with Crippen molar-refractivity contribution in [1.82, 2.24) is 15.0 Å². The molecule has 5 rings (SSSR count). The Morgan fingerprint density at radius 3 is 2.43 bits per heavy atom. The molecular formula is C29H23FN4O. The maximum absolute atomic E-state index is 13.3. The van der Waals surface area contributed by atoms with Gasteiger partial charge in [0.15, 0.2) is 0 Å². The number of amides is 1. The zero-order chi connectivity index (χ0) is 24.4. The van der Waals surface area contributed by atoms with E-state index in [1.165, 1.54) is 12.1 Å². The molecule has 0 aliphatic heterocycles. The molecular weight excluding hydrogens is 439 g/mol. The lowest BCUT2D eigenvalue weighted by atomic mass is 10.0. The summed E-state index contributed by atoms with van der Waals surface area (Å²) in [6.07, 6.45) is 1.63. The van der Waals surface area contributed by atoms with Gasteiger partial charge in [-0.25, -0.2) is 14.8 Å². The number of hydrazone groups is 1. The van der Waals surface area contributed by atoms with Crippen LogP contribution in [0.3, 0.4) is 0 Å². The number of fused-ring (bicyclic) bond motifs is 1. The number of hydrogen-bond acceptors (Lipinski definition) is 3. The summed E-state index contributed by atoms with van der Waals surface area (Å²) in [7, 11) is 0. The first-order valence-electron chi connectivity index (χ1n) is 11.2. The van der Waals surface area contributed by atoms with Gasteiger partial charge in [-0.2, -0.15) is 5.10 Å². The Morgan fingerprint density at radius 2 is 1.66 bits per heavy atom. The molecule has 5 nitrogen and oxygen atoms in total. The van der Waals surface area contributed by atoms with Crippen LogP contribution in [0.5, 0.6) is 0 Å². The van der Waals surface area contributed by atoms with Gasteiger partial charge in [0.05, 0.1) is 23.0 Å². The molecule has 2 aromatic heterocycles. The van der Waals surface area contributed by atoms with E-state index in [4.69, 9.17) is 4.98 Å². The molecule has 0 aliphatic carbocycles. The summed E-state index contributed by atoms with van der Waals surface area (Å²) in [5.74, 6) is -0.593. The van der Waals surface area contributed by atoms with Gasteiger partial charge in [-0.15, -0.1) is 0 Å². The molecule has 0 fully saturated rings. The van der Waals surface area contributed by atoms with Crippen LogP contribution < -0.4 is 5.43 Å². The van der Waals surface area contributed by atoms with Crippen LogP contribution in [0, 0.1) is 19.7 Å². The molecule has 0 radical (unpaired) electrons. The van der Waals surface area contributed by atoms with Crippen molar-refractivity contribution >= 4 is 23.0 Å². The van der Waals surface area contributed by atoms with E-state index in [1.54, 1.807) is 24.4 Å². The monoisotopic (exact) mass is 462 g/mol. The van der Waals surface area contributed by atoms with E-state index >= 15 is 0 Å². The molecule has 0 saturated heterocycles. The Morgan fingerprint density at radius 1 is 0.943 bits per heavy atom. The van der Waals surface area contributed by atoms with Gasteiger partial charge in [-0.05, 0) is 56.3 Å². The number of carbonyl (C=O) groups excluding carboxylic acids is 1. The van der Waals surface area contributed by atoms with Gasteiger partial charge in [0.1, 0.15) is 5.82 Å². The average Bonchev–Trinajstić information content (AvgIpc) is 3.17. The van der Waals surface area contributed by atoms with Gasteiger partial charge >= 0.3 is 0 Å². The second kappa shape index (κ2) is 9.35. The van der Waals surface area contributed by atoms with Crippen molar-refractivity contribution in [3.05, 3.63) is 119 Å². The molecule has 0 aliphatic rings. The lowest BCUT2D eigenvalue weighted by molar-refractivity contribution is 0.0956. The summed E-state index contributed by atoms with van der Waals surface area (Å²) in [6, 6.07) is 27.4. The number of benzene rings is 3. The molecule has 6 heteroatoms. The molecule has 0 unspecified atom stereocenters. The number of halogens is 1. The SMILES string of the molecule is Cc1cc(/C=N\NC(=O)c2cc(-c3ccccc3)nc3ccccc23)c(C)n1-c1ccc(F)cc1. The van der Waals surface area contributed by atoms with Crippen LogP contribution in [0.15, 0.2) is 96.1 Å². The largest absolute Gasteiger partial charge is 0.318 e. The summed E-state index contributed by atoms with van der Waals surface area (Å²) in [5, 5.41) is 4.99. The maximum atomic E-state index is 13.3. The third-order valence-corrected chi connectivity index (χ3v) is 5.96. The average molecular weight is 463 g/mol. The molecule has 3 aromatic carbocycles. The highest BCUT2D eigenvalue weighted by Gasteiger charge is 2.14. The van der Waals surface area contributed by atoms with Crippen LogP contribution in [0.4, 0.5) is 4.39 Å². The van der Waals surface area contributed by atoms with Crippen molar-refractivity contribution in [2.75, 3.05) is 0 Å². The molecule has 0 bridgehead atoms. The number of para-hydroxylation sites is 1. The molecule has 35 heavy (non-hydrogen) atoms. The Labute approximate surface area is 202 Å². The minimum atomic E-state index is -0.315. The number of aromatic nitrogens is 2. The van der Waals surface area contributed by atoms with Crippen LogP contribution in [0.25, 0.3) is 27.8 Å². The molecule has 0 spiro atoms. The fourth-order valence-corrected chi connectivity index (χ4v) is 4.25. The number of aryl methyl sites for hydroxylation is 1. The fourth-order valence-electron chi connectivity index (χ4n) is 4.25. The van der Waals surface area contributed by atoms with Crippen LogP contribution >= 0.6 is 0 Å². The normalized spacial score (nSPS) is 11.3. The Hall–Kier alpha value is -4.58. The van der Waals surface area contributed by atoms with Gasteiger partial charge in [0.2, 0.25) is 0 Å². The van der Waals surface area contributed by atoms with Crippen molar-refractivity contribution in [3.63, 3.8) is 0 Å². The Kier molecular flexibility index (Phi) is 5.94. The number of nitrogens with zero attached hydrogens (tertiary/aromatic N) is 3. The highest BCUT2D eigenvalue weighted by atomic mass is 19.1. The Balaban J connectivity index is 1.43. The van der Waals surface area contributed by atoms with Gasteiger partial charge in [-0.1, -0.05) is 48.5 Å². The zero-order valence-electron chi connectivity index (χ0n) is 19.4. The van der Waals surface area contributed by atoms with E-state index in [1.807, 2.05) is 79.1 Å². The minimum Gasteiger partial charge on any atom is -0.318 e.